The molecule has 0 fully saturated rings. The Bertz CT molecular complexity index is 1700. The number of halogens is 14. The predicted molar refractivity (Wildman–Crippen MR) is 354 cm³/mol. The summed E-state index contributed by atoms with van der Waals surface area (Å²) in [6.45, 7) is 19.4. The van der Waals surface area contributed by atoms with Crippen molar-refractivity contribution in [3.8, 4) is 6.07 Å². The molecule has 0 saturated heterocycles. The van der Waals surface area contributed by atoms with Crippen molar-refractivity contribution in [3.63, 3.8) is 0 Å². The second-order valence-electron chi connectivity index (χ2n) is 14.0. The van der Waals surface area contributed by atoms with Gasteiger partial charge in [-0.3, -0.25) is 9.59 Å². The Morgan fingerprint density at radius 2 is 0.701 bits per heavy atom. The average molecular weight is 1350 g/mol. The minimum absolute atomic E-state index is 0.194. The summed E-state index contributed by atoms with van der Waals surface area (Å²) in [6, 6.07) is 49.0. The maximum absolute atomic E-state index is 9.37. The maximum Gasteiger partial charge on any atom is 0.303 e. The van der Waals surface area contributed by atoms with Crippen LogP contribution in [0.1, 0.15) is 129 Å². The van der Waals surface area contributed by atoms with Gasteiger partial charge >= 0.3 is 5.97 Å². The van der Waals surface area contributed by atoms with Gasteiger partial charge in [0.1, 0.15) is 0 Å². The molecule has 2 N–H and O–H groups in total. The number of nitriles is 1. The molecule has 0 unspecified atom stereocenters. The van der Waals surface area contributed by atoms with Crippen LogP contribution in [0.3, 0.4) is 0 Å². The molecule has 77 heavy (non-hydrogen) atoms. The maximum atomic E-state index is 9.37. The van der Waals surface area contributed by atoms with Gasteiger partial charge in [0.05, 0.1) is 21.5 Å². The zero-order valence-electron chi connectivity index (χ0n) is 46.1. The van der Waals surface area contributed by atoms with Crippen LogP contribution in [0, 0.1) is 32.1 Å². The van der Waals surface area contributed by atoms with Gasteiger partial charge in [-0.1, -0.05) is 335 Å². The number of hydrogen-bond donors (Lipinski definition) is 2. The lowest BCUT2D eigenvalue weighted by molar-refractivity contribution is -0.137. The van der Waals surface area contributed by atoms with Gasteiger partial charge in [0, 0.05) is 37.1 Å². The fraction of sp³-hybridized carbons (Fsp3) is 0.431. The Hall–Kier alpha value is -1.41. The van der Waals surface area contributed by atoms with Gasteiger partial charge < -0.3 is 10.2 Å². The Morgan fingerprint density at radius 3 is 0.844 bits per heavy atom. The number of rotatable bonds is 9. The number of carboxylic acids is 2. The van der Waals surface area contributed by atoms with Crippen LogP contribution in [0.4, 0.5) is 0 Å². The van der Waals surface area contributed by atoms with E-state index in [1.807, 2.05) is 97.1 Å². The number of unbranched alkanes of at least 4 members (excludes halogenated alkanes) is 7. The van der Waals surface area contributed by atoms with Crippen LogP contribution in [0.15, 0.2) is 146 Å². The smallest absolute Gasteiger partial charge is 0.303 e. The summed E-state index contributed by atoms with van der Waals surface area (Å²) in [5.74, 6) is -0.465. The first-order valence-electron chi connectivity index (χ1n) is 24.0. The van der Waals surface area contributed by atoms with Crippen molar-refractivity contribution in [2.45, 2.75) is 141 Å². The molecule has 0 aliphatic carbocycles. The molecule has 19 heteroatoms. The molecular formula is C58H83Cl14NO4. The molecule has 0 aliphatic heterocycles. The lowest BCUT2D eigenvalue weighted by Crippen LogP contribution is -1.86. The van der Waals surface area contributed by atoms with Gasteiger partial charge in [-0.05, 0) is 56.2 Å². The van der Waals surface area contributed by atoms with Crippen LogP contribution in [0.2, 0.25) is 15.1 Å². The number of aliphatic carboxylic acids is 2. The molecule has 5 aromatic carbocycles. The normalized spacial score (nSPS) is 8.47. The number of aryl methyl sites for hydroxylation is 3. The topological polar surface area (TPSA) is 98.4 Å². The van der Waals surface area contributed by atoms with Crippen LogP contribution in [-0.4, -0.2) is 46.8 Å². The van der Waals surface area contributed by atoms with E-state index in [1.54, 1.807) is 25.1 Å². The van der Waals surface area contributed by atoms with Gasteiger partial charge in [-0.2, -0.15) is 5.26 Å². The molecule has 0 heterocycles. The van der Waals surface area contributed by atoms with Crippen LogP contribution < -0.4 is 0 Å². The monoisotopic (exact) mass is 1350 g/mol. The molecule has 0 aromatic heterocycles. The third-order valence-electron chi connectivity index (χ3n) is 7.13. The second kappa shape index (κ2) is 83.4. The molecule has 0 spiro atoms. The summed E-state index contributed by atoms with van der Waals surface area (Å²) >= 11 is 70.1. The lowest BCUT2D eigenvalue weighted by atomic mass is 10.1. The Kier molecular flexibility index (Phi) is 103. The highest BCUT2D eigenvalue weighted by molar-refractivity contribution is 6.83. The molecule has 5 nitrogen and oxygen atoms in total. The van der Waals surface area contributed by atoms with Crippen molar-refractivity contribution < 1.29 is 19.8 Å². The molecule has 0 aliphatic rings. The molecule has 0 atom stereocenters. The minimum atomic E-state index is -1.61. The number of alkyl halides is 11. The number of nitrogens with zero attached hydrogens (tertiary/aromatic N) is 1. The first kappa shape index (κ1) is 94.8. The van der Waals surface area contributed by atoms with Gasteiger partial charge in [0.25, 0.3) is 9.22 Å². The van der Waals surface area contributed by atoms with E-state index in [0.717, 1.165) is 11.9 Å². The summed E-state index contributed by atoms with van der Waals surface area (Å²) in [5.41, 5.74) is 4.06. The number of carbonyl (C=O) groups is 2. The Labute approximate surface area is 536 Å². The average Bonchev–Trinajstić information content (AvgIpc) is 3.37. The van der Waals surface area contributed by atoms with Gasteiger partial charge in [-0.15, -0.1) is 46.4 Å². The highest BCUT2D eigenvalue weighted by atomic mass is 35.6. The van der Waals surface area contributed by atoms with Crippen LogP contribution in [0.25, 0.3) is 0 Å². The Morgan fingerprint density at radius 1 is 0.506 bits per heavy atom. The molecule has 0 amide bonds. The van der Waals surface area contributed by atoms with Gasteiger partial charge in [0.2, 0.25) is 0 Å². The molecule has 0 bridgehead atoms. The van der Waals surface area contributed by atoms with Gasteiger partial charge in [-0.25, -0.2) is 0 Å². The third-order valence-corrected chi connectivity index (χ3v) is 8.71. The Balaban J connectivity index is -0.0000000934. The number of carboxylic acid groups (broad SMARTS) is 2. The van der Waals surface area contributed by atoms with Crippen LogP contribution in [0.5, 0.6) is 0 Å². The third kappa shape index (κ3) is 142. The molecule has 0 radical (unpaired) electrons. The van der Waals surface area contributed by atoms with Crippen molar-refractivity contribution >= 4 is 174 Å². The SMILES string of the molecule is CC#N.CC(=O)O.CCC(=O)O.CCCCCC.CCCCCCC.Cc1ccccc1.Cc1ccccc1C.ClC(Cl)(Cl)Cl.ClC(Cl)Cl.ClCCCl.ClCCl.Clc1ccccc1.Clc1ccccc1Cl.c1ccccc1. The molecule has 5 aromatic rings. The summed E-state index contributed by atoms with van der Waals surface area (Å²) in [5, 5.41) is 24.7. The molecular weight excluding hydrogens is 1270 g/mol. The molecule has 0 saturated carbocycles. The number of hydrogen-bond acceptors (Lipinski definition) is 3. The van der Waals surface area contributed by atoms with E-state index < -0.39 is 19.5 Å². The minimum Gasteiger partial charge on any atom is -0.481 e. The van der Waals surface area contributed by atoms with Crippen molar-refractivity contribution in [1.82, 2.24) is 0 Å². The van der Waals surface area contributed by atoms with Crippen molar-refractivity contribution in [2.24, 2.45) is 0 Å². The zero-order chi connectivity index (χ0) is 61.6. The van der Waals surface area contributed by atoms with E-state index in [4.69, 9.17) is 183 Å². The van der Waals surface area contributed by atoms with Gasteiger partial charge in [0.15, 0.2) is 4.30 Å². The van der Waals surface area contributed by atoms with E-state index in [9.17, 15) is 4.79 Å². The van der Waals surface area contributed by atoms with E-state index >= 15 is 0 Å². The summed E-state index contributed by atoms with van der Waals surface area (Å²) < 4.78 is -2.36. The fourth-order valence-corrected chi connectivity index (χ4v) is 4.03. The fourth-order valence-electron chi connectivity index (χ4n) is 3.61. The zero-order valence-corrected chi connectivity index (χ0v) is 56.7. The first-order chi connectivity index (χ1) is 36.2. The van der Waals surface area contributed by atoms with Crippen LogP contribution in [-0.2, 0) is 9.59 Å². The first-order valence-corrected chi connectivity index (χ1v) is 30.1. The van der Waals surface area contributed by atoms with Crippen molar-refractivity contribution in [1.29, 1.82) is 5.26 Å². The highest BCUT2D eigenvalue weighted by Gasteiger charge is 2.11. The quantitative estimate of drug-likeness (QED) is 0.113. The highest BCUT2D eigenvalue weighted by Crippen LogP contribution is 2.29. The summed E-state index contributed by atoms with van der Waals surface area (Å²) in [6.07, 6.45) is 12.8. The van der Waals surface area contributed by atoms with E-state index in [-0.39, 0.29) is 11.8 Å². The largest absolute Gasteiger partial charge is 0.481 e. The van der Waals surface area contributed by atoms with E-state index in [2.05, 4.69) is 84.9 Å². The summed E-state index contributed by atoms with van der Waals surface area (Å²) in [4.78, 5) is 18.4. The summed E-state index contributed by atoms with van der Waals surface area (Å²) in [7, 11) is 0. The number of benzene rings is 5. The standard InChI is InChI=1S/C8H10.C7H8.C7H16.C6H4Cl2.C6H5Cl.C6H6.C6H14.C3H6O2.C2H4Cl2.C2H3N.C2H4O2.CCl4.CHCl3.CH2Cl2/c1-7-5-3-4-6-8(7)2;1-7-5-3-2-4-6-7;1-3-5-7-6-4-2;7-5-3-1-2-4-6(5)8;7-6-4-2-1-3-5-6;1-2-4-6-5-3-1;1-3-5-6-4-2;1-2-3(4)5;3-1-2-4;1-2-3;1-2(3)4;2-1(3,4)5;2-1(3)4;2-1-3/h3-6H,1-2H3;2-6H,1H3;3-7H2,1-2H3;1-4H;1-5H;1-6H;3-6H2,1-2H3;2H2,1H3,(H,4,5);1-2H2;1H3;1H3,(H,3,4);;1H;1H2. The molecule has 5 rings (SSSR count). The van der Waals surface area contributed by atoms with Crippen molar-refractivity contribution in [3.05, 3.63) is 177 Å². The second-order valence-corrected chi connectivity index (χ2v) is 22.2. The lowest BCUT2D eigenvalue weighted by Gasteiger charge is -1.93. The van der Waals surface area contributed by atoms with E-state index in [1.165, 1.54) is 81.4 Å². The van der Waals surface area contributed by atoms with Crippen LogP contribution >= 0.6 is 162 Å². The molecule has 442 valence electrons. The predicted octanol–water partition coefficient (Wildman–Crippen LogP) is 25.4. The van der Waals surface area contributed by atoms with E-state index in [0.29, 0.717) is 21.8 Å². The van der Waals surface area contributed by atoms with Crippen molar-refractivity contribution in [2.75, 3.05) is 17.1 Å².